The van der Waals surface area contributed by atoms with Crippen LogP contribution >= 0.6 is 14.1 Å². The molecule has 0 heterocycles. The molecule has 5 aromatic rings. The van der Waals surface area contributed by atoms with E-state index in [0.717, 1.165) is 31.8 Å². The molecule has 0 aliphatic carbocycles. The Bertz CT molecular complexity index is 1660. The van der Waals surface area contributed by atoms with E-state index in [2.05, 4.69) is 161 Å². The lowest BCUT2D eigenvalue weighted by molar-refractivity contribution is 0.512. The molecule has 0 atom stereocenters. The number of benzene rings is 5. The number of nitrogens with zero attached hydrogens (tertiary/aromatic N) is 2. The van der Waals surface area contributed by atoms with Crippen molar-refractivity contribution < 1.29 is 5.11 Å². The van der Waals surface area contributed by atoms with E-state index < -0.39 is 30.6 Å². The van der Waals surface area contributed by atoms with Crippen LogP contribution in [0.2, 0.25) is 39.3 Å². The molecular weight excluding hydrogens is 619 g/mol. The maximum absolute atomic E-state index is 13.1. The number of aliphatic hydroxyl groups is 1. The minimum Gasteiger partial charge on any atom is -0.506 e. The molecule has 0 spiro atoms. The highest BCUT2D eigenvalue weighted by Crippen LogP contribution is 2.75. The van der Waals surface area contributed by atoms with Crippen LogP contribution in [0.1, 0.15) is 5.56 Å². The molecule has 45 heavy (non-hydrogen) atoms. The zero-order valence-electron chi connectivity index (χ0n) is 27.2. The molecule has 0 aliphatic heterocycles. The van der Waals surface area contributed by atoms with E-state index in [1.165, 1.54) is 0 Å². The third-order valence-electron chi connectivity index (χ3n) is 7.29. The molecular formula is C38H44N2OP2Si2. The van der Waals surface area contributed by atoms with E-state index in [4.69, 9.17) is 8.82 Å². The Hall–Kier alpha value is -3.47. The molecule has 0 saturated carbocycles. The molecule has 0 bridgehead atoms. The van der Waals surface area contributed by atoms with Crippen LogP contribution in [0.25, 0.3) is 5.76 Å². The van der Waals surface area contributed by atoms with Gasteiger partial charge in [0, 0.05) is 5.56 Å². The lowest BCUT2D eigenvalue weighted by Gasteiger charge is -2.41. The predicted molar refractivity (Wildman–Crippen MR) is 206 cm³/mol. The maximum Gasteiger partial charge on any atom is 0.171 e. The van der Waals surface area contributed by atoms with Crippen molar-refractivity contribution in [1.29, 1.82) is 0 Å². The summed E-state index contributed by atoms with van der Waals surface area (Å²) >= 11 is 0. The number of aliphatic hydroxyl groups excluding tert-OH is 1. The van der Waals surface area contributed by atoms with Crippen molar-refractivity contribution in [3.05, 3.63) is 162 Å². The monoisotopic (exact) mass is 662 g/mol. The minimum atomic E-state index is -2.90. The van der Waals surface area contributed by atoms with Crippen molar-refractivity contribution in [2.45, 2.75) is 39.3 Å². The fourth-order valence-corrected chi connectivity index (χ4v) is 24.4. The van der Waals surface area contributed by atoms with Crippen LogP contribution in [-0.2, 0) is 0 Å². The van der Waals surface area contributed by atoms with Crippen LogP contribution in [0.5, 0.6) is 0 Å². The van der Waals surface area contributed by atoms with Crippen molar-refractivity contribution >= 4 is 57.6 Å². The van der Waals surface area contributed by atoms with E-state index in [0.29, 0.717) is 5.76 Å². The van der Waals surface area contributed by atoms with Gasteiger partial charge < -0.3 is 13.9 Å². The lowest BCUT2D eigenvalue weighted by Crippen LogP contribution is -2.30. The SMILES string of the molecule is C[Si](C)(C)N=P(C(=C(O)c1ccccc1)P(=N[Si](C)(C)C)(c1ccccc1)c1ccccc1)(c1ccccc1)c1ccccc1. The van der Waals surface area contributed by atoms with Gasteiger partial charge in [0.1, 0.15) is 5.76 Å². The maximum atomic E-state index is 13.1. The third-order valence-corrected chi connectivity index (χ3v) is 22.1. The van der Waals surface area contributed by atoms with Gasteiger partial charge in [0.25, 0.3) is 0 Å². The molecule has 0 saturated heterocycles. The molecule has 3 nitrogen and oxygen atoms in total. The molecule has 0 radical (unpaired) electrons. The van der Waals surface area contributed by atoms with Crippen molar-refractivity contribution in [2.24, 2.45) is 8.82 Å². The Balaban J connectivity index is 2.22. The number of hydrogen-bond acceptors (Lipinski definition) is 3. The molecule has 0 unspecified atom stereocenters. The standard InChI is InChI=1S/C38H44N2OP2Si2/c1-44(2,3)39-42(33-24-14-8-15-25-33,34-26-16-9-17-27-34)38(37(41)32-22-12-7-13-23-32)43(40-45(4,5)6,35-28-18-10-19-29-35)36-30-20-11-21-31-36/h7-31,41H,1-6H3. The summed E-state index contributed by atoms with van der Waals surface area (Å²) in [5.74, 6) is 0.293. The summed E-state index contributed by atoms with van der Waals surface area (Å²) in [4.78, 5) is 0. The average molecular weight is 663 g/mol. The highest BCUT2D eigenvalue weighted by atomic mass is 31.2. The molecule has 1 N–H and O–H groups in total. The lowest BCUT2D eigenvalue weighted by atomic mass is 10.2. The fourth-order valence-electron chi connectivity index (χ4n) is 5.83. The first kappa shape index (κ1) is 32.9. The van der Waals surface area contributed by atoms with E-state index in [-0.39, 0.29) is 0 Å². The smallest absolute Gasteiger partial charge is 0.171 e. The molecule has 0 amide bonds. The molecule has 5 aromatic carbocycles. The van der Waals surface area contributed by atoms with Crippen LogP contribution in [0.15, 0.2) is 166 Å². The van der Waals surface area contributed by atoms with Gasteiger partial charge in [0.05, 0.1) is 19.2 Å². The highest BCUT2D eigenvalue weighted by Gasteiger charge is 2.45. The molecule has 0 aliphatic rings. The average Bonchev–Trinajstić information content (AvgIpc) is 3.04. The highest BCUT2D eigenvalue weighted by molar-refractivity contribution is 8.03. The minimum absolute atomic E-state index is 0.293. The summed E-state index contributed by atoms with van der Waals surface area (Å²) in [6, 6.07) is 53.1. The Morgan fingerprint density at radius 2 is 0.667 bits per heavy atom. The normalized spacial score (nSPS) is 12.3. The summed E-state index contributed by atoms with van der Waals surface area (Å²) < 4.78 is 12.2. The molecule has 0 aromatic heterocycles. The molecule has 7 heteroatoms. The summed E-state index contributed by atoms with van der Waals surface area (Å²) in [7, 11) is -10.2. The number of rotatable bonds is 9. The van der Waals surface area contributed by atoms with Crippen LogP contribution < -0.4 is 21.2 Å². The topological polar surface area (TPSA) is 45.0 Å². The summed E-state index contributed by atoms with van der Waals surface area (Å²) in [5.41, 5.74) is 0.788. The van der Waals surface area contributed by atoms with Crippen LogP contribution in [0, 0.1) is 0 Å². The van der Waals surface area contributed by atoms with Gasteiger partial charge in [-0.3, -0.25) is 0 Å². The second-order valence-corrected chi connectivity index (χ2v) is 29.3. The summed E-state index contributed by atoms with van der Waals surface area (Å²) in [5, 5.41) is 18.7. The van der Waals surface area contributed by atoms with Crippen molar-refractivity contribution in [3.8, 4) is 0 Å². The van der Waals surface area contributed by atoms with Gasteiger partial charge in [-0.15, -0.1) is 0 Å². The fraction of sp³-hybridized carbons (Fsp3) is 0.158. The van der Waals surface area contributed by atoms with Gasteiger partial charge in [-0.05, 0) is 21.2 Å². The first-order chi connectivity index (χ1) is 21.5. The molecule has 5 rings (SSSR count). The Kier molecular flexibility index (Phi) is 9.87. The van der Waals surface area contributed by atoms with Gasteiger partial charge in [-0.2, -0.15) is 0 Å². The molecule has 0 fully saturated rings. The number of hydrogen-bond donors (Lipinski definition) is 1. The van der Waals surface area contributed by atoms with E-state index in [1.54, 1.807) is 0 Å². The second-order valence-electron chi connectivity index (χ2n) is 13.2. The quantitative estimate of drug-likeness (QED) is 0.0953. The molecule has 230 valence electrons. The summed E-state index contributed by atoms with van der Waals surface area (Å²) in [6.45, 7) is 13.9. The van der Waals surface area contributed by atoms with Gasteiger partial charge >= 0.3 is 0 Å². The largest absolute Gasteiger partial charge is 0.506 e. The first-order valence-electron chi connectivity index (χ1n) is 15.5. The van der Waals surface area contributed by atoms with Crippen molar-refractivity contribution in [3.63, 3.8) is 0 Å². The zero-order chi connectivity index (χ0) is 32.1. The Morgan fingerprint density at radius 1 is 0.422 bits per heavy atom. The Labute approximate surface area is 272 Å². The van der Waals surface area contributed by atoms with Gasteiger partial charge in [-0.1, -0.05) is 191 Å². The van der Waals surface area contributed by atoms with Crippen molar-refractivity contribution in [2.75, 3.05) is 0 Å². The van der Waals surface area contributed by atoms with E-state index in [1.807, 2.05) is 30.3 Å². The third kappa shape index (κ3) is 7.03. The van der Waals surface area contributed by atoms with Crippen LogP contribution in [-0.4, -0.2) is 21.6 Å². The van der Waals surface area contributed by atoms with E-state index in [9.17, 15) is 5.11 Å². The first-order valence-corrected chi connectivity index (χ1v) is 25.8. The van der Waals surface area contributed by atoms with Gasteiger partial charge in [0.2, 0.25) is 0 Å². The predicted octanol–water partition coefficient (Wildman–Crippen LogP) is 10.2. The van der Waals surface area contributed by atoms with Crippen LogP contribution in [0.4, 0.5) is 0 Å². The summed E-state index contributed by atoms with van der Waals surface area (Å²) in [6.07, 6.45) is 0. The van der Waals surface area contributed by atoms with Gasteiger partial charge in [0.15, 0.2) is 16.5 Å². The zero-order valence-corrected chi connectivity index (χ0v) is 31.0. The van der Waals surface area contributed by atoms with Crippen LogP contribution in [0.3, 0.4) is 0 Å². The van der Waals surface area contributed by atoms with Gasteiger partial charge in [-0.25, -0.2) is 0 Å². The van der Waals surface area contributed by atoms with Crippen molar-refractivity contribution in [1.82, 2.24) is 0 Å². The Morgan fingerprint density at radius 3 is 0.911 bits per heavy atom. The van der Waals surface area contributed by atoms with E-state index >= 15 is 0 Å². The second kappa shape index (κ2) is 13.5.